The molecule has 1 aliphatic rings. The van der Waals surface area contributed by atoms with Crippen molar-refractivity contribution in [2.24, 2.45) is 0 Å². The predicted molar refractivity (Wildman–Crippen MR) is 84.1 cm³/mol. The number of fused-ring (bicyclic) bond motifs is 1. The number of alkyl carbamates (subject to hydrolysis) is 1. The standard InChI is InChI=1S/C15H18F2N2O2S/c1-15(2,3)21-14(20)18-11-5-4-8-6-9(16)7-10(17)12(8)19-13(11)22/h6-7,11H,4-5H2,1-3H3,(H,18,20)(H,19,22)/t11-/m0/s1. The fraction of sp³-hybridized carbons (Fsp3) is 0.467. The van der Waals surface area contributed by atoms with Gasteiger partial charge in [-0.15, -0.1) is 0 Å². The molecule has 0 aromatic heterocycles. The van der Waals surface area contributed by atoms with E-state index in [-0.39, 0.29) is 10.7 Å². The van der Waals surface area contributed by atoms with Gasteiger partial charge in [-0.05, 0) is 45.2 Å². The maximum Gasteiger partial charge on any atom is 0.408 e. The number of halogens is 2. The van der Waals surface area contributed by atoms with Gasteiger partial charge in [-0.25, -0.2) is 13.6 Å². The summed E-state index contributed by atoms with van der Waals surface area (Å²) in [5, 5.41) is 5.41. The van der Waals surface area contributed by atoms with Gasteiger partial charge in [-0.2, -0.15) is 0 Å². The van der Waals surface area contributed by atoms with Gasteiger partial charge in [0.2, 0.25) is 0 Å². The monoisotopic (exact) mass is 328 g/mol. The van der Waals surface area contributed by atoms with E-state index in [2.05, 4.69) is 10.6 Å². The molecule has 0 bridgehead atoms. The molecule has 0 saturated heterocycles. The van der Waals surface area contributed by atoms with Crippen molar-refractivity contribution >= 4 is 29.0 Å². The van der Waals surface area contributed by atoms with Crippen molar-refractivity contribution in [1.29, 1.82) is 0 Å². The summed E-state index contributed by atoms with van der Waals surface area (Å²) < 4.78 is 32.3. The van der Waals surface area contributed by atoms with Crippen LogP contribution < -0.4 is 10.6 Å². The van der Waals surface area contributed by atoms with Crippen LogP contribution in [0.15, 0.2) is 12.1 Å². The van der Waals surface area contributed by atoms with Crippen LogP contribution in [-0.2, 0) is 11.2 Å². The Bertz CT molecular complexity index is 614. The Labute approximate surface area is 133 Å². The minimum Gasteiger partial charge on any atom is -0.444 e. The predicted octanol–water partition coefficient (Wildman–Crippen LogP) is 3.54. The first-order valence-corrected chi connectivity index (χ1v) is 7.35. The van der Waals surface area contributed by atoms with Crippen molar-refractivity contribution in [3.8, 4) is 0 Å². The summed E-state index contributed by atoms with van der Waals surface area (Å²) in [6.45, 7) is 5.26. The zero-order chi connectivity index (χ0) is 16.5. The molecule has 1 heterocycles. The van der Waals surface area contributed by atoms with Crippen LogP contribution in [0.4, 0.5) is 19.3 Å². The lowest BCUT2D eigenvalue weighted by Gasteiger charge is -2.23. The maximum atomic E-state index is 13.8. The number of carbonyl (C=O) groups excluding carboxylic acids is 1. The van der Waals surface area contributed by atoms with Crippen LogP contribution in [0.1, 0.15) is 32.8 Å². The highest BCUT2D eigenvalue weighted by molar-refractivity contribution is 7.80. The van der Waals surface area contributed by atoms with E-state index in [1.54, 1.807) is 20.8 Å². The molecule has 0 unspecified atom stereocenters. The van der Waals surface area contributed by atoms with Crippen LogP contribution in [0.2, 0.25) is 0 Å². The van der Waals surface area contributed by atoms with E-state index >= 15 is 0 Å². The molecule has 1 aromatic carbocycles. The highest BCUT2D eigenvalue weighted by atomic mass is 32.1. The Kier molecular flexibility index (Phi) is 4.65. The fourth-order valence-corrected chi connectivity index (χ4v) is 2.47. The smallest absolute Gasteiger partial charge is 0.408 e. The van der Waals surface area contributed by atoms with Gasteiger partial charge < -0.3 is 15.4 Å². The second kappa shape index (κ2) is 6.16. The summed E-state index contributed by atoms with van der Waals surface area (Å²) in [6, 6.07) is 1.57. The number of hydrogen-bond acceptors (Lipinski definition) is 3. The van der Waals surface area contributed by atoms with Crippen molar-refractivity contribution in [3.63, 3.8) is 0 Å². The van der Waals surface area contributed by atoms with Gasteiger partial charge in [0.25, 0.3) is 0 Å². The number of amides is 1. The van der Waals surface area contributed by atoms with E-state index in [0.717, 1.165) is 6.07 Å². The molecule has 0 fully saturated rings. The van der Waals surface area contributed by atoms with Crippen LogP contribution in [0.25, 0.3) is 0 Å². The largest absolute Gasteiger partial charge is 0.444 e. The molecule has 0 saturated carbocycles. The Hall–Kier alpha value is -1.76. The molecule has 4 nitrogen and oxygen atoms in total. The summed E-state index contributed by atoms with van der Waals surface area (Å²) in [7, 11) is 0. The SMILES string of the molecule is CC(C)(C)OC(=O)N[C@H]1CCc2cc(F)cc(F)c2NC1=S. The number of thiocarbonyl (C=S) groups is 1. The third-order valence-corrected chi connectivity index (χ3v) is 3.48. The van der Waals surface area contributed by atoms with Gasteiger partial charge in [0.15, 0.2) is 0 Å². The van der Waals surface area contributed by atoms with Crippen molar-refractivity contribution < 1.29 is 18.3 Å². The molecule has 1 amide bonds. The number of aryl methyl sites for hydroxylation is 1. The van der Waals surface area contributed by atoms with E-state index in [9.17, 15) is 13.6 Å². The molecule has 7 heteroatoms. The van der Waals surface area contributed by atoms with E-state index in [0.29, 0.717) is 18.4 Å². The fourth-order valence-electron chi connectivity index (χ4n) is 2.19. The molecular weight excluding hydrogens is 310 g/mol. The highest BCUT2D eigenvalue weighted by Crippen LogP contribution is 2.27. The molecule has 120 valence electrons. The Morgan fingerprint density at radius 3 is 2.73 bits per heavy atom. The van der Waals surface area contributed by atoms with Crippen molar-refractivity contribution in [1.82, 2.24) is 5.32 Å². The van der Waals surface area contributed by atoms with Crippen molar-refractivity contribution in [2.75, 3.05) is 5.32 Å². The van der Waals surface area contributed by atoms with Crippen LogP contribution in [-0.4, -0.2) is 22.7 Å². The number of nitrogens with one attached hydrogen (secondary N) is 2. The average Bonchev–Trinajstić information content (AvgIpc) is 2.49. The zero-order valence-corrected chi connectivity index (χ0v) is 13.4. The summed E-state index contributed by atoms with van der Waals surface area (Å²) in [6.07, 6.45) is 0.220. The van der Waals surface area contributed by atoms with E-state index in [4.69, 9.17) is 17.0 Å². The number of carbonyl (C=O) groups is 1. The Morgan fingerprint density at radius 1 is 1.41 bits per heavy atom. The van der Waals surface area contributed by atoms with Gasteiger partial charge in [-0.3, -0.25) is 0 Å². The molecule has 22 heavy (non-hydrogen) atoms. The van der Waals surface area contributed by atoms with Gasteiger partial charge in [0.05, 0.1) is 11.7 Å². The summed E-state index contributed by atoms with van der Waals surface area (Å²) in [4.78, 5) is 12.1. The molecule has 1 aliphatic heterocycles. The highest BCUT2D eigenvalue weighted by Gasteiger charge is 2.26. The van der Waals surface area contributed by atoms with E-state index < -0.39 is 29.4 Å². The molecule has 2 rings (SSSR count). The summed E-state index contributed by atoms with van der Waals surface area (Å²) in [5.74, 6) is -1.34. The van der Waals surface area contributed by atoms with Gasteiger partial charge in [-0.1, -0.05) is 12.2 Å². The molecule has 2 N–H and O–H groups in total. The second-order valence-corrected chi connectivity index (χ2v) is 6.59. The Morgan fingerprint density at radius 2 is 2.09 bits per heavy atom. The third-order valence-electron chi connectivity index (χ3n) is 3.09. The third kappa shape index (κ3) is 4.13. The maximum absolute atomic E-state index is 13.8. The molecule has 0 spiro atoms. The lowest BCUT2D eigenvalue weighted by atomic mass is 10.1. The molecule has 1 aromatic rings. The number of benzene rings is 1. The minimum atomic E-state index is -0.699. The average molecular weight is 328 g/mol. The topological polar surface area (TPSA) is 50.4 Å². The number of anilines is 1. The molecule has 1 atom stereocenters. The van der Waals surface area contributed by atoms with Gasteiger partial charge in [0, 0.05) is 6.07 Å². The van der Waals surface area contributed by atoms with Crippen LogP contribution in [0.5, 0.6) is 0 Å². The molecule has 0 radical (unpaired) electrons. The number of rotatable bonds is 1. The summed E-state index contributed by atoms with van der Waals surface area (Å²) in [5.41, 5.74) is 0.0374. The first-order valence-electron chi connectivity index (χ1n) is 6.94. The number of hydrogen-bond donors (Lipinski definition) is 2. The van der Waals surface area contributed by atoms with Gasteiger partial charge >= 0.3 is 6.09 Å². The lowest BCUT2D eigenvalue weighted by molar-refractivity contribution is 0.0517. The summed E-state index contributed by atoms with van der Waals surface area (Å²) >= 11 is 5.20. The zero-order valence-electron chi connectivity index (χ0n) is 12.6. The van der Waals surface area contributed by atoms with Crippen molar-refractivity contribution in [2.45, 2.75) is 45.3 Å². The minimum absolute atomic E-state index is 0.167. The molecule has 0 aliphatic carbocycles. The van der Waals surface area contributed by atoms with Gasteiger partial charge in [0.1, 0.15) is 22.2 Å². The quantitative estimate of drug-likeness (QED) is 0.774. The first kappa shape index (κ1) is 16.6. The lowest BCUT2D eigenvalue weighted by Crippen LogP contribution is -2.44. The van der Waals surface area contributed by atoms with Crippen LogP contribution in [0.3, 0.4) is 0 Å². The van der Waals surface area contributed by atoms with Crippen LogP contribution >= 0.6 is 12.2 Å². The normalized spacial score (nSPS) is 18.0. The van der Waals surface area contributed by atoms with E-state index in [1.165, 1.54) is 6.07 Å². The van der Waals surface area contributed by atoms with E-state index in [1.807, 2.05) is 0 Å². The number of ether oxygens (including phenoxy) is 1. The van der Waals surface area contributed by atoms with Crippen LogP contribution in [0, 0.1) is 11.6 Å². The second-order valence-electron chi connectivity index (χ2n) is 6.15. The Balaban J connectivity index is 2.12. The van der Waals surface area contributed by atoms with Crippen molar-refractivity contribution in [3.05, 3.63) is 29.3 Å². The molecular formula is C15H18F2N2O2S. The first-order chi connectivity index (χ1) is 10.2.